The minimum Gasteiger partial charge on any atom is -0.389 e. The Balaban J connectivity index is 2.66. The Morgan fingerprint density at radius 3 is 2.52 bits per heavy atom. The van der Waals surface area contributed by atoms with Crippen molar-refractivity contribution >= 4 is 27.2 Å². The third-order valence-electron chi connectivity index (χ3n) is 3.27. The Morgan fingerprint density at radius 2 is 2.00 bits per heavy atom. The van der Waals surface area contributed by atoms with Crippen LogP contribution in [0.2, 0.25) is 0 Å². The lowest BCUT2D eigenvalue weighted by atomic mass is 10.1. The molecular weight excluding hydrogens is 304 g/mol. The van der Waals surface area contributed by atoms with Crippen molar-refractivity contribution in [2.24, 2.45) is 11.7 Å². The fraction of sp³-hybridized carbons (Fsp3) is 0.533. The van der Waals surface area contributed by atoms with Gasteiger partial charge < -0.3 is 5.73 Å². The van der Waals surface area contributed by atoms with Crippen LogP contribution >= 0.6 is 12.2 Å². The fourth-order valence-corrected chi connectivity index (χ4v) is 3.44. The number of benzene rings is 1. The number of hydrogen-bond donors (Lipinski definition) is 2. The zero-order valence-corrected chi connectivity index (χ0v) is 14.5. The molecule has 0 amide bonds. The summed E-state index contributed by atoms with van der Waals surface area (Å²) in [4.78, 5) is 0.530. The van der Waals surface area contributed by atoms with Crippen molar-refractivity contribution in [1.29, 1.82) is 0 Å². The number of hydrogen-bond acceptors (Lipinski definition) is 3. The summed E-state index contributed by atoms with van der Waals surface area (Å²) in [5.74, 6) is 0.650. The predicted molar refractivity (Wildman–Crippen MR) is 90.9 cm³/mol. The molecule has 0 heterocycles. The van der Waals surface area contributed by atoms with Crippen LogP contribution < -0.4 is 10.5 Å². The highest BCUT2D eigenvalue weighted by molar-refractivity contribution is 7.89. The van der Waals surface area contributed by atoms with Gasteiger partial charge in [0.25, 0.3) is 0 Å². The summed E-state index contributed by atoms with van der Waals surface area (Å²) in [5, 5.41) is 0. The summed E-state index contributed by atoms with van der Waals surface area (Å²) in [6.45, 7) is 6.59. The van der Waals surface area contributed by atoms with E-state index >= 15 is 0 Å². The lowest BCUT2D eigenvalue weighted by Gasteiger charge is -2.10. The molecule has 0 saturated carbocycles. The van der Waals surface area contributed by atoms with Gasteiger partial charge in [-0.05, 0) is 37.0 Å². The van der Waals surface area contributed by atoms with Crippen molar-refractivity contribution in [1.82, 2.24) is 4.72 Å². The second-order valence-electron chi connectivity index (χ2n) is 5.63. The molecule has 1 rings (SSSR count). The molecule has 0 atom stereocenters. The van der Waals surface area contributed by atoms with E-state index in [0.29, 0.717) is 18.0 Å². The highest BCUT2D eigenvalue weighted by Crippen LogP contribution is 2.15. The SMILES string of the molecule is Cc1cc(S(=O)(=O)NCCCCC(C)C)ccc1C(N)=S. The first kappa shape index (κ1) is 18.1. The van der Waals surface area contributed by atoms with E-state index < -0.39 is 10.0 Å². The van der Waals surface area contributed by atoms with E-state index in [2.05, 4.69) is 18.6 Å². The van der Waals surface area contributed by atoms with Crippen LogP contribution in [0.3, 0.4) is 0 Å². The highest BCUT2D eigenvalue weighted by Gasteiger charge is 2.15. The molecular formula is C15H24N2O2S2. The summed E-state index contributed by atoms with van der Waals surface area (Å²) in [6.07, 6.45) is 2.99. The minimum atomic E-state index is -3.46. The number of sulfonamides is 1. The molecule has 4 nitrogen and oxygen atoms in total. The first-order valence-corrected chi connectivity index (χ1v) is 9.03. The average molecular weight is 329 g/mol. The zero-order chi connectivity index (χ0) is 16.0. The maximum Gasteiger partial charge on any atom is 0.240 e. The predicted octanol–water partition coefficient (Wildman–Crippen LogP) is 2.73. The van der Waals surface area contributed by atoms with E-state index in [-0.39, 0.29) is 9.88 Å². The largest absolute Gasteiger partial charge is 0.389 e. The summed E-state index contributed by atoms with van der Waals surface area (Å²) in [5.41, 5.74) is 7.06. The molecule has 0 spiro atoms. The second-order valence-corrected chi connectivity index (χ2v) is 7.84. The molecule has 0 bridgehead atoms. The molecule has 0 aliphatic rings. The number of nitrogens with one attached hydrogen (secondary N) is 1. The molecule has 1 aromatic rings. The van der Waals surface area contributed by atoms with E-state index in [1.54, 1.807) is 19.1 Å². The Bertz CT molecular complexity index is 596. The summed E-state index contributed by atoms with van der Waals surface area (Å²) in [7, 11) is -3.46. The lowest BCUT2D eigenvalue weighted by Crippen LogP contribution is -2.25. The standard InChI is InChI=1S/C15H24N2O2S2/c1-11(2)6-4-5-9-17-21(18,19)13-7-8-14(15(16)20)12(3)10-13/h7-8,10-11,17H,4-6,9H2,1-3H3,(H2,16,20). The third kappa shape index (κ3) is 5.73. The Labute approximate surface area is 133 Å². The topological polar surface area (TPSA) is 72.2 Å². The van der Waals surface area contributed by atoms with Crippen LogP contribution in [0.1, 0.15) is 44.2 Å². The summed E-state index contributed by atoms with van der Waals surface area (Å²) in [6, 6.07) is 4.80. The van der Waals surface area contributed by atoms with Crippen molar-refractivity contribution in [3.05, 3.63) is 29.3 Å². The van der Waals surface area contributed by atoms with Crippen molar-refractivity contribution in [2.75, 3.05) is 6.54 Å². The Kier molecular flexibility index (Phi) is 6.77. The number of aryl methyl sites for hydroxylation is 1. The third-order valence-corrected chi connectivity index (χ3v) is 4.95. The van der Waals surface area contributed by atoms with Crippen molar-refractivity contribution < 1.29 is 8.42 Å². The number of unbranched alkanes of at least 4 members (excludes halogenated alkanes) is 1. The maximum absolute atomic E-state index is 12.2. The molecule has 6 heteroatoms. The second kappa shape index (κ2) is 7.87. The van der Waals surface area contributed by atoms with Gasteiger partial charge in [-0.2, -0.15) is 0 Å². The van der Waals surface area contributed by atoms with E-state index in [9.17, 15) is 8.42 Å². The molecule has 0 radical (unpaired) electrons. The summed E-state index contributed by atoms with van der Waals surface area (Å²) < 4.78 is 27.0. The van der Waals surface area contributed by atoms with Gasteiger partial charge in [0, 0.05) is 12.1 Å². The van der Waals surface area contributed by atoms with Crippen LogP contribution in [-0.4, -0.2) is 20.0 Å². The molecule has 3 N–H and O–H groups in total. The van der Waals surface area contributed by atoms with Crippen LogP contribution in [0.25, 0.3) is 0 Å². The van der Waals surface area contributed by atoms with Gasteiger partial charge in [-0.1, -0.05) is 45.0 Å². The van der Waals surface area contributed by atoms with Gasteiger partial charge in [-0.3, -0.25) is 0 Å². The van der Waals surface area contributed by atoms with Crippen molar-refractivity contribution in [3.63, 3.8) is 0 Å². The normalized spacial score (nSPS) is 11.8. The first-order chi connectivity index (χ1) is 9.74. The van der Waals surface area contributed by atoms with E-state index in [4.69, 9.17) is 18.0 Å². The fourth-order valence-electron chi connectivity index (χ4n) is 2.05. The summed E-state index contributed by atoms with van der Waals surface area (Å²) >= 11 is 4.92. The zero-order valence-electron chi connectivity index (χ0n) is 12.8. The van der Waals surface area contributed by atoms with Crippen molar-refractivity contribution in [2.45, 2.75) is 44.9 Å². The van der Waals surface area contributed by atoms with Gasteiger partial charge in [0.2, 0.25) is 10.0 Å². The molecule has 0 aromatic heterocycles. The van der Waals surface area contributed by atoms with Crippen LogP contribution in [0.5, 0.6) is 0 Å². The minimum absolute atomic E-state index is 0.254. The van der Waals surface area contributed by atoms with E-state index in [1.807, 2.05) is 0 Å². The molecule has 1 aromatic carbocycles. The maximum atomic E-state index is 12.2. The molecule has 0 unspecified atom stereocenters. The average Bonchev–Trinajstić information content (AvgIpc) is 2.37. The van der Waals surface area contributed by atoms with E-state index in [1.165, 1.54) is 6.07 Å². The van der Waals surface area contributed by atoms with E-state index in [0.717, 1.165) is 24.8 Å². The van der Waals surface area contributed by atoms with Gasteiger partial charge >= 0.3 is 0 Å². The molecule has 118 valence electrons. The van der Waals surface area contributed by atoms with Crippen LogP contribution in [0.4, 0.5) is 0 Å². The van der Waals surface area contributed by atoms with Gasteiger partial charge in [-0.15, -0.1) is 0 Å². The highest BCUT2D eigenvalue weighted by atomic mass is 32.2. The van der Waals surface area contributed by atoms with Gasteiger partial charge in [-0.25, -0.2) is 13.1 Å². The van der Waals surface area contributed by atoms with Crippen LogP contribution in [-0.2, 0) is 10.0 Å². The monoisotopic (exact) mass is 328 g/mol. The molecule has 0 fully saturated rings. The molecule has 0 aliphatic heterocycles. The van der Waals surface area contributed by atoms with Crippen LogP contribution in [0.15, 0.2) is 23.1 Å². The Hall–Kier alpha value is -0.980. The lowest BCUT2D eigenvalue weighted by molar-refractivity contribution is 0.530. The van der Waals surface area contributed by atoms with Crippen LogP contribution in [0, 0.1) is 12.8 Å². The van der Waals surface area contributed by atoms with Crippen molar-refractivity contribution in [3.8, 4) is 0 Å². The van der Waals surface area contributed by atoms with Gasteiger partial charge in [0.15, 0.2) is 0 Å². The van der Waals surface area contributed by atoms with Gasteiger partial charge in [0.05, 0.1) is 4.90 Å². The first-order valence-electron chi connectivity index (χ1n) is 7.14. The number of thiocarbonyl (C=S) groups is 1. The quantitative estimate of drug-likeness (QED) is 0.568. The smallest absolute Gasteiger partial charge is 0.240 e. The Morgan fingerprint density at radius 1 is 1.33 bits per heavy atom. The van der Waals surface area contributed by atoms with Gasteiger partial charge in [0.1, 0.15) is 4.99 Å². The molecule has 21 heavy (non-hydrogen) atoms. The number of rotatable bonds is 8. The number of nitrogens with two attached hydrogens (primary N) is 1. The molecule has 0 aliphatic carbocycles. The molecule has 0 saturated heterocycles.